The predicted octanol–water partition coefficient (Wildman–Crippen LogP) is 6.84. The van der Waals surface area contributed by atoms with E-state index in [1.807, 2.05) is 30.3 Å². The highest BCUT2D eigenvalue weighted by atomic mass is 19.1. The number of para-hydroxylation sites is 2. The van der Waals surface area contributed by atoms with E-state index in [9.17, 15) is 15.7 Å². The number of nitrogens with one attached hydrogen (secondary N) is 1. The Kier molecular flexibility index (Phi) is 6.30. The summed E-state index contributed by atoms with van der Waals surface area (Å²) in [6.07, 6.45) is 3.84. The van der Waals surface area contributed by atoms with E-state index in [-0.39, 0.29) is 17.1 Å². The summed E-state index contributed by atoms with van der Waals surface area (Å²) in [5.41, 5.74) is 4.09. The van der Waals surface area contributed by atoms with Gasteiger partial charge in [-0.25, -0.2) is 9.37 Å². The molecule has 2 N–H and O–H groups in total. The molecule has 2 aromatic heterocycles. The van der Waals surface area contributed by atoms with E-state index in [2.05, 4.69) is 46.2 Å². The number of benzene rings is 4. The van der Waals surface area contributed by atoms with Crippen molar-refractivity contribution in [1.29, 1.82) is 0 Å². The van der Waals surface area contributed by atoms with Crippen LogP contribution in [-0.4, -0.2) is 44.7 Å². The van der Waals surface area contributed by atoms with E-state index in [1.54, 1.807) is 18.2 Å². The van der Waals surface area contributed by atoms with Crippen molar-refractivity contribution in [2.24, 2.45) is 0 Å². The summed E-state index contributed by atoms with van der Waals surface area (Å²) in [4.78, 5) is 24.1. The minimum atomic E-state index is -2.08. The van der Waals surface area contributed by atoms with Gasteiger partial charge in [-0.2, -0.15) is 0 Å². The molecule has 0 spiro atoms. The van der Waals surface area contributed by atoms with Crippen LogP contribution < -0.4 is 5.56 Å². The molecule has 210 valence electrons. The first-order valence-corrected chi connectivity index (χ1v) is 14.2. The molecule has 0 aliphatic carbocycles. The first-order chi connectivity index (χ1) is 20.8. The van der Waals surface area contributed by atoms with E-state index in [0.717, 1.165) is 49.2 Å². The maximum Gasteiger partial charge on any atom is 0.259 e. The summed E-state index contributed by atoms with van der Waals surface area (Å²) < 4.78 is 25.4. The molecule has 0 radical (unpaired) electrons. The van der Waals surface area contributed by atoms with Gasteiger partial charge in [-0.1, -0.05) is 42.5 Å². The average molecular weight is 560 g/mol. The molecule has 1 aliphatic rings. The molecule has 0 amide bonds. The minimum Gasteiger partial charge on any atom is -0.508 e. The third-order valence-corrected chi connectivity index (χ3v) is 8.41. The highest BCUT2D eigenvalue weighted by molar-refractivity contribution is 5.86. The number of imidazole rings is 1. The van der Waals surface area contributed by atoms with Gasteiger partial charge in [0.25, 0.3) is 5.56 Å². The van der Waals surface area contributed by atoms with Gasteiger partial charge in [-0.3, -0.25) is 4.79 Å². The summed E-state index contributed by atoms with van der Waals surface area (Å²) in [5.74, 6) is -0.295. The first-order valence-electron chi connectivity index (χ1n) is 14.7. The summed E-state index contributed by atoms with van der Waals surface area (Å²) in [6.45, 7) is 2.23. The summed E-state index contributed by atoms with van der Waals surface area (Å²) >= 11 is 0. The number of aromatic hydroxyl groups is 1. The Hall–Kier alpha value is -4.75. The lowest BCUT2D eigenvalue weighted by molar-refractivity contribution is 0.255. The Bertz CT molecular complexity index is 2000. The topological polar surface area (TPSA) is 74.2 Å². The van der Waals surface area contributed by atoms with E-state index >= 15 is 0 Å². The maximum absolute atomic E-state index is 14.5. The number of halogens is 1. The van der Waals surface area contributed by atoms with Gasteiger partial charge in [0.15, 0.2) is 0 Å². The van der Waals surface area contributed by atoms with E-state index < -0.39 is 17.4 Å². The Labute approximate surface area is 244 Å². The monoisotopic (exact) mass is 559 g/mol. The highest BCUT2D eigenvalue weighted by Crippen LogP contribution is 2.34. The van der Waals surface area contributed by atoms with Crippen LogP contribution in [0.15, 0.2) is 102 Å². The van der Waals surface area contributed by atoms with Crippen LogP contribution in [0.2, 0.25) is 0 Å². The Morgan fingerprint density at radius 1 is 0.976 bits per heavy atom. The number of fused-ring (bicyclic) bond motifs is 2. The van der Waals surface area contributed by atoms with Crippen LogP contribution in [-0.2, 0) is 0 Å². The van der Waals surface area contributed by atoms with E-state index in [0.29, 0.717) is 27.7 Å². The molecule has 7 rings (SSSR count). The zero-order valence-electron chi connectivity index (χ0n) is 24.2. The highest BCUT2D eigenvalue weighted by Gasteiger charge is 2.25. The van der Waals surface area contributed by atoms with Gasteiger partial charge in [0.05, 0.1) is 12.4 Å². The van der Waals surface area contributed by atoms with Crippen LogP contribution in [0.5, 0.6) is 5.75 Å². The Morgan fingerprint density at radius 2 is 1.74 bits per heavy atom. The van der Waals surface area contributed by atoms with Crippen LogP contribution in [0.1, 0.15) is 43.1 Å². The zero-order chi connectivity index (χ0) is 29.7. The molecule has 42 heavy (non-hydrogen) atoms. The molecule has 4 aromatic carbocycles. The molecule has 0 bridgehead atoms. The molecule has 1 saturated heterocycles. The van der Waals surface area contributed by atoms with Crippen molar-refractivity contribution in [2.75, 3.05) is 20.1 Å². The van der Waals surface area contributed by atoms with Gasteiger partial charge >= 0.3 is 0 Å². The Balaban J connectivity index is 1.31. The van der Waals surface area contributed by atoms with Crippen LogP contribution in [0, 0.1) is 5.82 Å². The predicted molar refractivity (Wildman–Crippen MR) is 165 cm³/mol. The maximum atomic E-state index is 14.5. The molecule has 1 unspecified atom stereocenters. The van der Waals surface area contributed by atoms with Gasteiger partial charge in [0.1, 0.15) is 23.4 Å². The molecule has 7 heteroatoms. The lowest BCUT2D eigenvalue weighted by atomic mass is 9.88. The molecular weight excluding hydrogens is 527 g/mol. The molecule has 3 heterocycles. The molecular formula is C35H31FN4O2. The van der Waals surface area contributed by atoms with Gasteiger partial charge < -0.3 is 19.6 Å². The number of likely N-dealkylation sites (tertiary alicyclic amines) is 1. The van der Waals surface area contributed by atoms with Gasteiger partial charge in [0, 0.05) is 17.1 Å². The smallest absolute Gasteiger partial charge is 0.259 e. The van der Waals surface area contributed by atoms with Crippen LogP contribution in [0.3, 0.4) is 0 Å². The van der Waals surface area contributed by atoms with Gasteiger partial charge in [-0.15, -0.1) is 0 Å². The van der Waals surface area contributed by atoms with Crippen molar-refractivity contribution in [3.8, 4) is 16.9 Å². The number of rotatable bonds is 5. The summed E-state index contributed by atoms with van der Waals surface area (Å²) in [6, 6.07) is 24.6. The first kappa shape index (κ1) is 25.0. The normalized spacial score (nSPS) is 16.5. The van der Waals surface area contributed by atoms with Crippen molar-refractivity contribution < 1.29 is 10.9 Å². The number of phenols is 1. The van der Waals surface area contributed by atoms with Gasteiger partial charge in [-0.05, 0) is 110 Å². The second-order valence-electron chi connectivity index (χ2n) is 11.1. The quantitative estimate of drug-likeness (QED) is 0.243. The third-order valence-electron chi connectivity index (χ3n) is 8.41. The molecule has 6 nitrogen and oxygen atoms in total. The molecule has 6 aromatic rings. The van der Waals surface area contributed by atoms with Crippen LogP contribution in [0.4, 0.5) is 4.39 Å². The van der Waals surface area contributed by atoms with Crippen molar-refractivity contribution in [2.45, 2.75) is 24.8 Å². The van der Waals surface area contributed by atoms with Crippen LogP contribution >= 0.6 is 0 Å². The van der Waals surface area contributed by atoms with Crippen molar-refractivity contribution >= 4 is 21.8 Å². The fourth-order valence-electron chi connectivity index (χ4n) is 6.03. The van der Waals surface area contributed by atoms with Crippen molar-refractivity contribution in [1.82, 2.24) is 19.4 Å². The number of aromatic amines is 1. The lowest BCUT2D eigenvalue weighted by Crippen LogP contribution is -2.29. The number of nitrogens with zero attached hydrogens (tertiary/aromatic N) is 3. The minimum absolute atomic E-state index is 0.0809. The summed E-state index contributed by atoms with van der Waals surface area (Å²) in [5, 5.41) is 11.9. The fraction of sp³-hybridized carbons (Fsp3) is 0.200. The SMILES string of the molecule is [2H]C(c1nc2ccccc2[nH]1)(c1cc(F)ccc1O)n1ccc2cc(-c3ccc(C4CCN(C)CC4)cc3)ccc2c1=O. The zero-order valence-corrected chi connectivity index (χ0v) is 23.2. The average Bonchev–Trinajstić information content (AvgIpc) is 3.48. The number of hydrogen-bond donors (Lipinski definition) is 2. The summed E-state index contributed by atoms with van der Waals surface area (Å²) in [7, 11) is 2.17. The second-order valence-corrected chi connectivity index (χ2v) is 11.1. The lowest BCUT2D eigenvalue weighted by Gasteiger charge is -2.29. The number of phenolic OH excluding ortho intramolecular Hbond substituents is 1. The van der Waals surface area contributed by atoms with E-state index in [1.165, 1.54) is 22.4 Å². The van der Waals surface area contributed by atoms with Crippen molar-refractivity contribution in [3.63, 3.8) is 0 Å². The second kappa shape index (κ2) is 10.6. The van der Waals surface area contributed by atoms with E-state index in [4.69, 9.17) is 0 Å². The fourth-order valence-corrected chi connectivity index (χ4v) is 6.03. The number of H-pyrrole nitrogens is 1. The van der Waals surface area contributed by atoms with Crippen LogP contribution in [0.25, 0.3) is 32.9 Å². The molecule has 1 fully saturated rings. The Morgan fingerprint density at radius 3 is 2.52 bits per heavy atom. The molecule has 1 aliphatic heterocycles. The molecule has 1 atom stereocenters. The number of piperidine rings is 1. The molecule has 0 saturated carbocycles. The number of pyridine rings is 1. The van der Waals surface area contributed by atoms with Crippen molar-refractivity contribution in [3.05, 3.63) is 130 Å². The van der Waals surface area contributed by atoms with Gasteiger partial charge in [0.2, 0.25) is 0 Å². The third kappa shape index (κ3) is 4.76. The standard InChI is InChI=1S/C35H31FN4O2/c1-39-17-14-24(15-18-39)22-6-8-23(9-7-22)25-10-12-28-26(20-25)16-19-40(35(28)42)33(29-21-27(36)11-13-32(29)41)34-37-30-4-2-3-5-31(30)38-34/h2-13,16,19-21,24,33,41H,14-15,17-18H2,1H3,(H,37,38)/i33D. The number of aromatic nitrogens is 3. The number of hydrogen-bond acceptors (Lipinski definition) is 4. The largest absolute Gasteiger partial charge is 0.508 e.